The highest BCUT2D eigenvalue weighted by Gasteiger charge is 2.13. The molecule has 2 nitrogen and oxygen atoms in total. The molecule has 0 aliphatic rings. The number of rotatable bonds is 1. The quantitative estimate of drug-likeness (QED) is 0.770. The average Bonchev–Trinajstić information content (AvgIpc) is 2.63. The molecule has 1 aromatic carbocycles. The van der Waals surface area contributed by atoms with E-state index in [9.17, 15) is 0 Å². The fraction of sp³-hybridized carbons (Fsp3) is 0.357. The lowest BCUT2D eigenvalue weighted by atomic mass is 9.86. The Hall–Kier alpha value is -1.57. The predicted octanol–water partition coefficient (Wildman–Crippen LogP) is 3.68. The maximum atomic E-state index is 4.04. The highest BCUT2D eigenvalue weighted by molar-refractivity contribution is 5.62. The molecule has 1 heterocycles. The summed E-state index contributed by atoms with van der Waals surface area (Å²) in [4.78, 5) is 0. The van der Waals surface area contributed by atoms with Gasteiger partial charge in [-0.05, 0) is 29.0 Å². The number of hydrogen-bond acceptors (Lipinski definition) is 1. The molecule has 84 valence electrons. The normalized spacial score (nSPS) is 11.8. The van der Waals surface area contributed by atoms with Crippen LogP contribution in [0.2, 0.25) is 0 Å². The molecule has 0 radical (unpaired) electrons. The molecule has 0 amide bonds. The van der Waals surface area contributed by atoms with Crippen LogP contribution in [-0.2, 0) is 5.41 Å². The first-order valence-electron chi connectivity index (χ1n) is 5.59. The molecule has 0 saturated heterocycles. The number of aromatic nitrogens is 2. The lowest BCUT2D eigenvalue weighted by Gasteiger charge is -2.19. The summed E-state index contributed by atoms with van der Waals surface area (Å²) in [6.45, 7) is 8.74. The number of aromatic amines is 1. The second-order valence-corrected chi connectivity index (χ2v) is 5.26. The monoisotopic (exact) mass is 214 g/mol. The van der Waals surface area contributed by atoms with Gasteiger partial charge in [0.05, 0.1) is 11.9 Å². The number of nitrogens with zero attached hydrogens (tertiary/aromatic N) is 1. The van der Waals surface area contributed by atoms with E-state index >= 15 is 0 Å². The average molecular weight is 214 g/mol. The van der Waals surface area contributed by atoms with Crippen molar-refractivity contribution in [1.82, 2.24) is 10.2 Å². The molecule has 0 atom stereocenters. The smallest absolute Gasteiger partial charge is 0.0679 e. The molecule has 0 saturated carbocycles. The van der Waals surface area contributed by atoms with E-state index in [1.54, 1.807) is 0 Å². The van der Waals surface area contributed by atoms with E-state index in [0.717, 1.165) is 5.69 Å². The Balaban J connectivity index is 2.37. The molecule has 0 aliphatic heterocycles. The lowest BCUT2D eigenvalue weighted by molar-refractivity contribution is 0.590. The Kier molecular flexibility index (Phi) is 2.58. The summed E-state index contributed by atoms with van der Waals surface area (Å²) in [5.41, 5.74) is 5.06. The van der Waals surface area contributed by atoms with Gasteiger partial charge in [-0.15, -0.1) is 0 Å². The predicted molar refractivity (Wildman–Crippen MR) is 67.5 cm³/mol. The third-order valence-electron chi connectivity index (χ3n) is 2.87. The van der Waals surface area contributed by atoms with E-state index in [1.165, 1.54) is 16.7 Å². The van der Waals surface area contributed by atoms with E-state index in [-0.39, 0.29) is 5.41 Å². The molecule has 0 fully saturated rings. The molecule has 2 aromatic rings. The van der Waals surface area contributed by atoms with Gasteiger partial charge in [0.2, 0.25) is 0 Å². The second kappa shape index (κ2) is 3.78. The Morgan fingerprint density at radius 1 is 1.06 bits per heavy atom. The minimum atomic E-state index is 0.210. The largest absolute Gasteiger partial charge is 0.278 e. The van der Waals surface area contributed by atoms with Crippen LogP contribution in [-0.4, -0.2) is 10.2 Å². The number of aryl methyl sites for hydroxylation is 1. The van der Waals surface area contributed by atoms with Crippen LogP contribution in [0.5, 0.6) is 0 Å². The van der Waals surface area contributed by atoms with Gasteiger partial charge >= 0.3 is 0 Å². The maximum Gasteiger partial charge on any atom is 0.0679 e. The van der Waals surface area contributed by atoms with Crippen molar-refractivity contribution in [3.05, 3.63) is 41.6 Å². The van der Waals surface area contributed by atoms with Crippen LogP contribution in [0.25, 0.3) is 11.3 Å². The van der Waals surface area contributed by atoms with E-state index in [0.29, 0.717) is 0 Å². The highest BCUT2D eigenvalue weighted by atomic mass is 15.1. The molecule has 16 heavy (non-hydrogen) atoms. The Morgan fingerprint density at radius 3 is 2.12 bits per heavy atom. The third kappa shape index (κ3) is 2.01. The first-order valence-corrected chi connectivity index (χ1v) is 5.59. The molecule has 2 heteroatoms. The van der Waals surface area contributed by atoms with Gasteiger partial charge in [-0.25, -0.2) is 0 Å². The minimum absolute atomic E-state index is 0.210. The molecular weight excluding hydrogens is 196 g/mol. The van der Waals surface area contributed by atoms with Crippen molar-refractivity contribution in [2.24, 2.45) is 0 Å². The summed E-state index contributed by atoms with van der Waals surface area (Å²) >= 11 is 0. The third-order valence-corrected chi connectivity index (χ3v) is 2.87. The summed E-state index contributed by atoms with van der Waals surface area (Å²) in [6, 6.07) is 8.69. The maximum absolute atomic E-state index is 4.04. The van der Waals surface area contributed by atoms with Gasteiger partial charge in [-0.1, -0.05) is 45.0 Å². The van der Waals surface area contributed by atoms with Gasteiger partial charge in [-0.2, -0.15) is 5.10 Å². The Morgan fingerprint density at radius 2 is 1.69 bits per heavy atom. The van der Waals surface area contributed by atoms with Crippen LogP contribution < -0.4 is 0 Å². The molecule has 1 N–H and O–H groups in total. The number of benzene rings is 1. The van der Waals surface area contributed by atoms with Crippen molar-refractivity contribution in [3.63, 3.8) is 0 Å². The van der Waals surface area contributed by atoms with E-state index in [2.05, 4.69) is 62.2 Å². The van der Waals surface area contributed by atoms with E-state index in [1.807, 2.05) is 6.20 Å². The molecular formula is C14H18N2. The highest BCUT2D eigenvalue weighted by Crippen LogP contribution is 2.26. The van der Waals surface area contributed by atoms with Gasteiger partial charge < -0.3 is 0 Å². The van der Waals surface area contributed by atoms with Gasteiger partial charge in [0.15, 0.2) is 0 Å². The lowest BCUT2D eigenvalue weighted by Crippen LogP contribution is -2.10. The zero-order chi connectivity index (χ0) is 11.8. The molecule has 0 unspecified atom stereocenters. The van der Waals surface area contributed by atoms with Crippen molar-refractivity contribution >= 4 is 0 Å². The van der Waals surface area contributed by atoms with Crippen LogP contribution >= 0.6 is 0 Å². The molecule has 0 aliphatic carbocycles. The fourth-order valence-electron chi connectivity index (χ4n) is 1.78. The van der Waals surface area contributed by atoms with Crippen molar-refractivity contribution in [2.45, 2.75) is 33.1 Å². The van der Waals surface area contributed by atoms with Crippen molar-refractivity contribution in [2.75, 3.05) is 0 Å². The summed E-state index contributed by atoms with van der Waals surface area (Å²) < 4.78 is 0. The van der Waals surface area contributed by atoms with Crippen LogP contribution in [0.15, 0.2) is 30.5 Å². The van der Waals surface area contributed by atoms with Crippen LogP contribution in [0.4, 0.5) is 0 Å². The molecule has 1 aromatic heterocycles. The number of H-pyrrole nitrogens is 1. The standard InChI is InChI=1S/C14H18N2/c1-10-9-15-16-13(10)11-5-7-12(8-6-11)14(2,3)4/h5-9H,1-4H3,(H,15,16). The van der Waals surface area contributed by atoms with Gasteiger partial charge in [0.25, 0.3) is 0 Å². The van der Waals surface area contributed by atoms with E-state index in [4.69, 9.17) is 0 Å². The second-order valence-electron chi connectivity index (χ2n) is 5.26. The molecule has 0 spiro atoms. The zero-order valence-corrected chi connectivity index (χ0v) is 10.3. The number of nitrogens with one attached hydrogen (secondary N) is 1. The van der Waals surface area contributed by atoms with Crippen molar-refractivity contribution in [3.8, 4) is 11.3 Å². The van der Waals surface area contributed by atoms with Crippen LogP contribution in [0, 0.1) is 6.92 Å². The Bertz CT molecular complexity index is 472. The summed E-state index contributed by atoms with van der Waals surface area (Å²) in [7, 11) is 0. The first-order chi connectivity index (χ1) is 7.48. The summed E-state index contributed by atoms with van der Waals surface area (Å²) in [6.07, 6.45) is 1.85. The summed E-state index contributed by atoms with van der Waals surface area (Å²) in [5, 5.41) is 7.07. The minimum Gasteiger partial charge on any atom is -0.278 e. The first kappa shape index (κ1) is 10.9. The molecule has 2 rings (SSSR count). The van der Waals surface area contributed by atoms with Crippen molar-refractivity contribution < 1.29 is 0 Å². The molecule has 0 bridgehead atoms. The fourth-order valence-corrected chi connectivity index (χ4v) is 1.78. The van der Waals surface area contributed by atoms with Gasteiger partial charge in [0.1, 0.15) is 0 Å². The topological polar surface area (TPSA) is 28.7 Å². The van der Waals surface area contributed by atoms with Gasteiger partial charge in [0, 0.05) is 0 Å². The van der Waals surface area contributed by atoms with Gasteiger partial charge in [-0.3, -0.25) is 5.10 Å². The Labute approximate surface area is 96.7 Å². The van der Waals surface area contributed by atoms with Crippen LogP contribution in [0.3, 0.4) is 0 Å². The van der Waals surface area contributed by atoms with Crippen molar-refractivity contribution in [1.29, 1.82) is 0 Å². The summed E-state index contributed by atoms with van der Waals surface area (Å²) in [5.74, 6) is 0. The SMILES string of the molecule is Cc1cn[nH]c1-c1ccc(C(C)(C)C)cc1. The number of hydrogen-bond donors (Lipinski definition) is 1. The van der Waals surface area contributed by atoms with E-state index < -0.39 is 0 Å². The van der Waals surface area contributed by atoms with Crippen LogP contribution in [0.1, 0.15) is 31.9 Å². The zero-order valence-electron chi connectivity index (χ0n) is 10.3.